The SMILES string of the molecule is O=C(NCCOc1ccccc1)Nc1ccc(Cl)cc1C(F)(F)F. The molecule has 0 heterocycles. The minimum atomic E-state index is -4.62. The summed E-state index contributed by atoms with van der Waals surface area (Å²) < 4.78 is 44.1. The molecule has 0 aliphatic heterocycles. The zero-order valence-electron chi connectivity index (χ0n) is 12.4. The van der Waals surface area contributed by atoms with Gasteiger partial charge in [-0.2, -0.15) is 13.2 Å². The van der Waals surface area contributed by atoms with Crippen LogP contribution < -0.4 is 15.4 Å². The molecular formula is C16H14ClF3N2O2. The van der Waals surface area contributed by atoms with E-state index in [1.165, 1.54) is 6.07 Å². The third kappa shape index (κ3) is 5.34. The summed E-state index contributed by atoms with van der Waals surface area (Å²) in [6.45, 7) is 0.319. The molecule has 0 bridgehead atoms. The van der Waals surface area contributed by atoms with Gasteiger partial charge >= 0.3 is 12.2 Å². The summed E-state index contributed by atoms with van der Waals surface area (Å²) in [4.78, 5) is 11.7. The first-order valence-corrected chi connectivity index (χ1v) is 7.33. The lowest BCUT2D eigenvalue weighted by atomic mass is 10.1. The molecule has 2 aromatic carbocycles. The summed E-state index contributed by atoms with van der Waals surface area (Å²) in [5.74, 6) is 0.636. The Hall–Kier alpha value is -2.41. The fraction of sp³-hybridized carbons (Fsp3) is 0.188. The number of hydrogen-bond donors (Lipinski definition) is 2. The Kier molecular flexibility index (Phi) is 5.92. The third-order valence-corrected chi connectivity index (χ3v) is 3.17. The van der Waals surface area contributed by atoms with Crippen molar-refractivity contribution in [3.05, 3.63) is 59.1 Å². The molecule has 0 aliphatic rings. The summed E-state index contributed by atoms with van der Waals surface area (Å²) in [6, 6.07) is 11.3. The van der Waals surface area contributed by atoms with E-state index < -0.39 is 17.8 Å². The van der Waals surface area contributed by atoms with Gasteiger partial charge in [0.2, 0.25) is 0 Å². The van der Waals surface area contributed by atoms with E-state index in [2.05, 4.69) is 10.6 Å². The lowest BCUT2D eigenvalue weighted by molar-refractivity contribution is -0.136. The summed E-state index contributed by atoms with van der Waals surface area (Å²) in [7, 11) is 0. The number of alkyl halides is 3. The van der Waals surface area contributed by atoms with Gasteiger partial charge in [-0.3, -0.25) is 0 Å². The van der Waals surface area contributed by atoms with Crippen molar-refractivity contribution < 1.29 is 22.7 Å². The predicted molar refractivity (Wildman–Crippen MR) is 85.4 cm³/mol. The molecule has 2 rings (SSSR count). The van der Waals surface area contributed by atoms with Gasteiger partial charge in [0.25, 0.3) is 0 Å². The number of para-hydroxylation sites is 1. The highest BCUT2D eigenvalue weighted by Gasteiger charge is 2.34. The van der Waals surface area contributed by atoms with Crippen LogP contribution >= 0.6 is 11.6 Å². The van der Waals surface area contributed by atoms with Gasteiger partial charge in [0.1, 0.15) is 12.4 Å². The van der Waals surface area contributed by atoms with Crippen molar-refractivity contribution in [2.24, 2.45) is 0 Å². The van der Waals surface area contributed by atoms with Crippen LogP contribution in [0, 0.1) is 0 Å². The second-order valence-electron chi connectivity index (χ2n) is 4.73. The van der Waals surface area contributed by atoms with Gasteiger partial charge in [0.05, 0.1) is 17.8 Å². The molecule has 0 atom stereocenters. The maximum absolute atomic E-state index is 12.9. The standard InChI is InChI=1S/C16H14ClF3N2O2/c17-11-6-7-14(13(10-11)16(18,19)20)22-15(23)21-8-9-24-12-4-2-1-3-5-12/h1-7,10H,8-9H2,(H2,21,22,23). The van der Waals surface area contributed by atoms with Crippen LogP contribution in [0.1, 0.15) is 5.56 Å². The van der Waals surface area contributed by atoms with Crippen molar-refractivity contribution in [3.63, 3.8) is 0 Å². The number of hydrogen-bond acceptors (Lipinski definition) is 2. The predicted octanol–water partition coefficient (Wildman–Crippen LogP) is 4.56. The molecule has 0 unspecified atom stereocenters. The molecule has 0 spiro atoms. The Morgan fingerprint density at radius 1 is 1.12 bits per heavy atom. The molecule has 0 saturated carbocycles. The number of anilines is 1. The molecule has 8 heteroatoms. The van der Waals surface area contributed by atoms with Gasteiger partial charge in [0, 0.05) is 5.02 Å². The van der Waals surface area contributed by atoms with Crippen molar-refractivity contribution in [1.29, 1.82) is 0 Å². The number of nitrogens with one attached hydrogen (secondary N) is 2. The number of benzene rings is 2. The summed E-state index contributed by atoms with van der Waals surface area (Å²) in [6.07, 6.45) is -4.62. The number of amides is 2. The molecule has 4 nitrogen and oxygen atoms in total. The normalized spacial score (nSPS) is 11.0. The maximum atomic E-state index is 12.9. The van der Waals surface area contributed by atoms with Crippen molar-refractivity contribution in [2.45, 2.75) is 6.18 Å². The van der Waals surface area contributed by atoms with Crippen LogP contribution in [0.15, 0.2) is 48.5 Å². The average Bonchev–Trinajstić information content (AvgIpc) is 2.53. The minimum Gasteiger partial charge on any atom is -0.492 e. The fourth-order valence-corrected chi connectivity index (χ4v) is 2.05. The molecule has 2 aromatic rings. The Bertz CT molecular complexity index is 693. The Morgan fingerprint density at radius 3 is 2.50 bits per heavy atom. The second-order valence-corrected chi connectivity index (χ2v) is 5.17. The molecule has 0 fully saturated rings. The lowest BCUT2D eigenvalue weighted by Crippen LogP contribution is -2.32. The average molecular weight is 359 g/mol. The van der Waals surface area contributed by atoms with E-state index in [9.17, 15) is 18.0 Å². The Balaban J connectivity index is 1.86. The van der Waals surface area contributed by atoms with Gasteiger partial charge in [-0.15, -0.1) is 0 Å². The van der Waals surface area contributed by atoms with Gasteiger partial charge in [-0.05, 0) is 30.3 Å². The molecule has 24 heavy (non-hydrogen) atoms. The topological polar surface area (TPSA) is 50.4 Å². The largest absolute Gasteiger partial charge is 0.492 e. The van der Waals surface area contributed by atoms with Gasteiger partial charge in [-0.1, -0.05) is 29.8 Å². The lowest BCUT2D eigenvalue weighted by Gasteiger charge is -2.14. The van der Waals surface area contributed by atoms with Gasteiger partial charge < -0.3 is 15.4 Å². The van der Waals surface area contributed by atoms with Crippen LogP contribution in [0.4, 0.5) is 23.7 Å². The number of urea groups is 1. The molecule has 0 saturated heterocycles. The van der Waals surface area contributed by atoms with Crippen LogP contribution in [0.3, 0.4) is 0 Å². The zero-order chi connectivity index (χ0) is 17.6. The van der Waals surface area contributed by atoms with Crippen LogP contribution in [-0.2, 0) is 6.18 Å². The quantitative estimate of drug-likeness (QED) is 0.770. The van der Waals surface area contributed by atoms with E-state index >= 15 is 0 Å². The first-order valence-electron chi connectivity index (χ1n) is 6.96. The molecule has 2 amide bonds. The highest BCUT2D eigenvalue weighted by molar-refractivity contribution is 6.30. The van der Waals surface area contributed by atoms with Crippen LogP contribution in [0.2, 0.25) is 5.02 Å². The van der Waals surface area contributed by atoms with Crippen molar-refractivity contribution >= 4 is 23.3 Å². The van der Waals surface area contributed by atoms with E-state index in [1.807, 2.05) is 6.07 Å². The van der Waals surface area contributed by atoms with Crippen molar-refractivity contribution in [3.8, 4) is 5.75 Å². The highest BCUT2D eigenvalue weighted by Crippen LogP contribution is 2.36. The first kappa shape index (κ1) is 17.9. The number of carbonyl (C=O) groups excluding carboxylic acids is 1. The summed E-state index contributed by atoms with van der Waals surface area (Å²) in [5.41, 5.74) is -1.38. The second kappa shape index (κ2) is 7.92. The molecule has 0 aliphatic carbocycles. The molecule has 128 valence electrons. The number of halogens is 4. The fourth-order valence-electron chi connectivity index (χ4n) is 1.88. The van der Waals surface area contributed by atoms with Crippen LogP contribution in [0.25, 0.3) is 0 Å². The molecule has 0 aromatic heterocycles. The molecule has 0 radical (unpaired) electrons. The van der Waals surface area contributed by atoms with E-state index in [-0.39, 0.29) is 23.9 Å². The monoisotopic (exact) mass is 358 g/mol. The number of ether oxygens (including phenoxy) is 1. The molecule has 2 N–H and O–H groups in total. The van der Waals surface area contributed by atoms with Crippen LogP contribution in [-0.4, -0.2) is 19.2 Å². The Labute approximate surface area is 141 Å². The van der Waals surface area contributed by atoms with Gasteiger partial charge in [-0.25, -0.2) is 4.79 Å². The van der Waals surface area contributed by atoms with Crippen LogP contribution in [0.5, 0.6) is 5.75 Å². The van der Waals surface area contributed by atoms with Gasteiger partial charge in [0.15, 0.2) is 0 Å². The van der Waals surface area contributed by atoms with E-state index in [0.717, 1.165) is 12.1 Å². The number of carbonyl (C=O) groups is 1. The minimum absolute atomic E-state index is 0.0652. The molecular weight excluding hydrogens is 345 g/mol. The summed E-state index contributed by atoms with van der Waals surface area (Å²) in [5, 5.41) is 4.51. The third-order valence-electron chi connectivity index (χ3n) is 2.93. The number of rotatable bonds is 5. The first-order chi connectivity index (χ1) is 11.4. The van der Waals surface area contributed by atoms with E-state index in [4.69, 9.17) is 16.3 Å². The van der Waals surface area contributed by atoms with Crippen molar-refractivity contribution in [2.75, 3.05) is 18.5 Å². The van der Waals surface area contributed by atoms with E-state index in [1.54, 1.807) is 24.3 Å². The summed E-state index contributed by atoms with van der Waals surface area (Å²) >= 11 is 5.58. The smallest absolute Gasteiger partial charge is 0.418 e. The Morgan fingerprint density at radius 2 is 1.83 bits per heavy atom. The van der Waals surface area contributed by atoms with Crippen molar-refractivity contribution in [1.82, 2.24) is 5.32 Å². The highest BCUT2D eigenvalue weighted by atomic mass is 35.5. The van der Waals surface area contributed by atoms with E-state index in [0.29, 0.717) is 5.75 Å². The maximum Gasteiger partial charge on any atom is 0.418 e. The zero-order valence-corrected chi connectivity index (χ0v) is 13.1.